The molecule has 1 saturated heterocycles. The smallest absolute Gasteiger partial charge is 0.302 e. The third-order valence-corrected chi connectivity index (χ3v) is 14.0. The van der Waals surface area contributed by atoms with Crippen LogP contribution in [0.3, 0.4) is 0 Å². The lowest BCUT2D eigenvalue weighted by Crippen LogP contribution is -2.60. The number of esters is 2. The highest BCUT2D eigenvalue weighted by Gasteiger charge is 2.49. The van der Waals surface area contributed by atoms with E-state index in [1.54, 1.807) is 7.11 Å². The number of rotatable bonds is 13. The normalized spacial score (nSPS) is 23.8. The van der Waals surface area contributed by atoms with Gasteiger partial charge in [0, 0.05) is 27.8 Å². The standard InChI is InChI=1S/C32H54O8Si2/c1-22-29(20-37-24(3)34)39-28(17-26(19-36-23(2)33)21-41(8,9)10)31(40-42(11,12)32(4,5)6)30(22)38-18-25-13-15-27(35-7)16-14-25/h13-17,22,28-31H,18-21H2,1-12H3/b26-17-/t22-,28+,29-,30+,31+/m0/s1. The SMILES string of the molecule is COc1ccc(CO[C@@H]2[C@@H](C)[C@H](COC(C)=O)O[C@H](/C=C(/COC(C)=O)C[Si](C)(C)C)[C@H]2O[Si](C)(C)C(C)(C)C)cc1. The number of hydrogen-bond donors (Lipinski definition) is 0. The topological polar surface area (TPSA) is 89.5 Å². The molecule has 1 aromatic carbocycles. The molecule has 0 unspecified atom stereocenters. The maximum Gasteiger partial charge on any atom is 0.302 e. The Morgan fingerprint density at radius 1 is 0.952 bits per heavy atom. The van der Waals surface area contributed by atoms with Gasteiger partial charge in [0.05, 0.1) is 25.9 Å². The minimum Gasteiger partial charge on any atom is -0.497 e. The van der Waals surface area contributed by atoms with E-state index in [0.29, 0.717) is 6.61 Å². The second-order valence-corrected chi connectivity index (χ2v) is 24.3. The van der Waals surface area contributed by atoms with Crippen molar-refractivity contribution in [3.63, 3.8) is 0 Å². The van der Waals surface area contributed by atoms with Crippen molar-refractivity contribution in [1.82, 2.24) is 0 Å². The van der Waals surface area contributed by atoms with E-state index >= 15 is 0 Å². The van der Waals surface area contributed by atoms with Gasteiger partial charge < -0.3 is 28.1 Å². The van der Waals surface area contributed by atoms with Crippen LogP contribution < -0.4 is 4.74 Å². The van der Waals surface area contributed by atoms with Crippen LogP contribution in [0.2, 0.25) is 43.8 Å². The van der Waals surface area contributed by atoms with Crippen LogP contribution in [0.4, 0.5) is 0 Å². The molecule has 10 heteroatoms. The van der Waals surface area contributed by atoms with Crippen LogP contribution in [-0.2, 0) is 39.6 Å². The van der Waals surface area contributed by atoms with Gasteiger partial charge in [0.15, 0.2) is 8.32 Å². The summed E-state index contributed by atoms with van der Waals surface area (Å²) < 4.78 is 36.8. The number of carbonyl (C=O) groups excluding carboxylic acids is 2. The van der Waals surface area contributed by atoms with Gasteiger partial charge in [-0.25, -0.2) is 0 Å². The molecule has 0 spiro atoms. The molecule has 0 aromatic heterocycles. The fourth-order valence-corrected chi connectivity index (χ4v) is 7.59. The van der Waals surface area contributed by atoms with Crippen molar-refractivity contribution in [3.8, 4) is 5.75 Å². The predicted octanol–water partition coefficient (Wildman–Crippen LogP) is 6.77. The lowest BCUT2D eigenvalue weighted by Gasteiger charge is -2.49. The number of ether oxygens (including phenoxy) is 5. The summed E-state index contributed by atoms with van der Waals surface area (Å²) in [4.78, 5) is 23.5. The quantitative estimate of drug-likeness (QED) is 0.135. The summed E-state index contributed by atoms with van der Waals surface area (Å²) in [6, 6.07) is 8.66. The maximum atomic E-state index is 11.8. The van der Waals surface area contributed by atoms with Gasteiger partial charge >= 0.3 is 11.9 Å². The summed E-state index contributed by atoms with van der Waals surface area (Å²) in [6.45, 7) is 23.5. The van der Waals surface area contributed by atoms with Crippen molar-refractivity contribution < 1.29 is 37.7 Å². The Morgan fingerprint density at radius 2 is 1.55 bits per heavy atom. The lowest BCUT2D eigenvalue weighted by molar-refractivity contribution is -0.207. The van der Waals surface area contributed by atoms with Crippen LogP contribution >= 0.6 is 0 Å². The van der Waals surface area contributed by atoms with E-state index in [-0.39, 0.29) is 42.2 Å². The van der Waals surface area contributed by atoms with Crippen molar-refractivity contribution in [1.29, 1.82) is 0 Å². The van der Waals surface area contributed by atoms with Gasteiger partial charge in [0.2, 0.25) is 0 Å². The molecule has 1 aromatic rings. The zero-order valence-electron chi connectivity index (χ0n) is 27.9. The van der Waals surface area contributed by atoms with Crippen molar-refractivity contribution in [2.24, 2.45) is 5.92 Å². The van der Waals surface area contributed by atoms with E-state index < -0.39 is 34.7 Å². The number of benzene rings is 1. The molecule has 1 aliphatic rings. The van der Waals surface area contributed by atoms with Crippen molar-refractivity contribution in [3.05, 3.63) is 41.5 Å². The molecular formula is C32H54O8Si2. The molecule has 42 heavy (non-hydrogen) atoms. The van der Waals surface area contributed by atoms with E-state index in [4.69, 9.17) is 28.1 Å². The Labute approximate surface area is 255 Å². The molecule has 0 bridgehead atoms. The monoisotopic (exact) mass is 622 g/mol. The second-order valence-electron chi connectivity index (χ2n) is 14.1. The molecule has 2 rings (SSSR count). The third kappa shape index (κ3) is 11.3. The summed E-state index contributed by atoms with van der Waals surface area (Å²) in [7, 11) is -2.22. The Kier molecular flexibility index (Phi) is 13.1. The summed E-state index contributed by atoms with van der Waals surface area (Å²) >= 11 is 0. The number of carbonyl (C=O) groups is 2. The van der Waals surface area contributed by atoms with Crippen molar-refractivity contribution in [2.45, 2.75) is 116 Å². The molecule has 0 saturated carbocycles. The van der Waals surface area contributed by atoms with Crippen LogP contribution in [0, 0.1) is 5.92 Å². The predicted molar refractivity (Wildman–Crippen MR) is 171 cm³/mol. The minimum absolute atomic E-state index is 0.0431. The van der Waals surface area contributed by atoms with E-state index in [1.807, 2.05) is 24.3 Å². The Bertz CT molecular complexity index is 1060. The summed E-state index contributed by atoms with van der Waals surface area (Å²) in [5.74, 6) is -0.0257. The van der Waals surface area contributed by atoms with Gasteiger partial charge in [0.1, 0.15) is 31.2 Å². The highest BCUT2D eigenvalue weighted by atomic mass is 28.4. The zero-order valence-corrected chi connectivity index (χ0v) is 29.9. The van der Waals surface area contributed by atoms with Crippen LogP contribution in [0.15, 0.2) is 35.9 Å². The van der Waals surface area contributed by atoms with Crippen LogP contribution in [0.1, 0.15) is 47.1 Å². The van der Waals surface area contributed by atoms with Gasteiger partial charge in [-0.1, -0.05) is 65.5 Å². The second kappa shape index (κ2) is 15.1. The van der Waals surface area contributed by atoms with Crippen LogP contribution in [0.5, 0.6) is 5.75 Å². The van der Waals surface area contributed by atoms with Crippen molar-refractivity contribution >= 4 is 28.3 Å². The summed E-state index contributed by atoms with van der Waals surface area (Å²) in [5, 5.41) is -0.0431. The lowest BCUT2D eigenvalue weighted by atomic mass is 9.87. The summed E-state index contributed by atoms with van der Waals surface area (Å²) in [5.41, 5.74) is 2.02. The molecule has 1 heterocycles. The highest BCUT2D eigenvalue weighted by molar-refractivity contribution is 6.76. The van der Waals surface area contributed by atoms with E-state index in [2.05, 4.69) is 66.5 Å². The Morgan fingerprint density at radius 3 is 2.05 bits per heavy atom. The Hall–Kier alpha value is -1.99. The Balaban J connectivity index is 2.58. The number of hydrogen-bond acceptors (Lipinski definition) is 8. The molecule has 1 fully saturated rings. The third-order valence-electron chi connectivity index (χ3n) is 7.99. The van der Waals surface area contributed by atoms with Gasteiger partial charge in [-0.2, -0.15) is 0 Å². The molecule has 8 nitrogen and oxygen atoms in total. The largest absolute Gasteiger partial charge is 0.497 e. The fourth-order valence-electron chi connectivity index (χ4n) is 4.70. The van der Waals surface area contributed by atoms with E-state index in [0.717, 1.165) is 22.9 Å². The molecule has 0 radical (unpaired) electrons. The first kappa shape index (κ1) is 36.2. The molecular weight excluding hydrogens is 569 g/mol. The van der Waals surface area contributed by atoms with E-state index in [1.165, 1.54) is 13.8 Å². The first-order valence-corrected chi connectivity index (χ1v) is 21.5. The van der Waals surface area contributed by atoms with Gasteiger partial charge in [-0.15, -0.1) is 0 Å². The molecule has 238 valence electrons. The first-order chi connectivity index (χ1) is 19.3. The number of methoxy groups -OCH3 is 1. The first-order valence-electron chi connectivity index (χ1n) is 14.9. The summed E-state index contributed by atoms with van der Waals surface area (Å²) in [6.07, 6.45) is 0.422. The van der Waals surface area contributed by atoms with Crippen molar-refractivity contribution in [2.75, 3.05) is 20.3 Å². The maximum absolute atomic E-state index is 11.8. The van der Waals surface area contributed by atoms with Crippen LogP contribution in [-0.4, -0.2) is 73.1 Å². The van der Waals surface area contributed by atoms with Gasteiger partial charge in [-0.3, -0.25) is 9.59 Å². The van der Waals surface area contributed by atoms with Gasteiger partial charge in [-0.05, 0) is 47.4 Å². The molecule has 1 aliphatic heterocycles. The molecule has 0 N–H and O–H groups in total. The molecule has 0 aliphatic carbocycles. The van der Waals surface area contributed by atoms with Gasteiger partial charge in [0.25, 0.3) is 0 Å². The fraction of sp³-hybridized carbons (Fsp3) is 0.688. The van der Waals surface area contributed by atoms with E-state index in [9.17, 15) is 9.59 Å². The van der Waals surface area contributed by atoms with Crippen LogP contribution in [0.25, 0.3) is 0 Å². The average Bonchev–Trinajstić information content (AvgIpc) is 2.86. The molecule has 0 amide bonds. The minimum atomic E-state index is -2.29. The molecule has 5 atom stereocenters. The highest BCUT2D eigenvalue weighted by Crippen LogP contribution is 2.41. The average molecular weight is 623 g/mol. The zero-order chi connectivity index (χ0) is 31.9.